The van der Waals surface area contributed by atoms with Gasteiger partial charge in [0.25, 0.3) is 5.91 Å². The number of carbonyl (C=O) groups excluding carboxylic acids is 1. The van der Waals surface area contributed by atoms with Crippen molar-refractivity contribution in [1.29, 1.82) is 0 Å². The van der Waals surface area contributed by atoms with Crippen molar-refractivity contribution in [3.63, 3.8) is 0 Å². The molecule has 0 saturated heterocycles. The zero-order valence-corrected chi connectivity index (χ0v) is 11.2. The van der Waals surface area contributed by atoms with Crippen molar-refractivity contribution in [2.24, 2.45) is 0 Å². The maximum Gasteiger partial charge on any atom is 0.251 e. The first kappa shape index (κ1) is 13.9. The summed E-state index contributed by atoms with van der Waals surface area (Å²) in [7, 11) is 0. The van der Waals surface area contributed by atoms with Crippen LogP contribution in [0.2, 0.25) is 5.15 Å². The lowest BCUT2D eigenvalue weighted by Crippen LogP contribution is -2.57. The Morgan fingerprint density at radius 3 is 2.47 bits per heavy atom. The van der Waals surface area contributed by atoms with Crippen LogP contribution in [0.1, 0.15) is 38.1 Å². The number of carbonyl (C=O) groups is 1. The van der Waals surface area contributed by atoms with Gasteiger partial charge in [-0.1, -0.05) is 11.6 Å². The summed E-state index contributed by atoms with van der Waals surface area (Å²) < 4.78 is 0. The van der Waals surface area contributed by atoms with Crippen LogP contribution in [0.25, 0.3) is 0 Å². The molecule has 0 saturated carbocycles. The second kappa shape index (κ2) is 4.63. The second-order valence-electron chi connectivity index (χ2n) is 5.01. The molecule has 0 aromatic carbocycles. The largest absolute Gasteiger partial charge is 0.388 e. The lowest BCUT2D eigenvalue weighted by Gasteiger charge is -2.38. The number of rotatable bonds is 3. The molecule has 94 valence electrons. The fourth-order valence-electron chi connectivity index (χ4n) is 1.05. The Morgan fingerprint density at radius 2 is 2.00 bits per heavy atom. The van der Waals surface area contributed by atoms with Crippen molar-refractivity contribution in [1.82, 2.24) is 10.3 Å². The fourth-order valence-corrected chi connectivity index (χ4v) is 1.23. The zero-order valence-electron chi connectivity index (χ0n) is 10.4. The number of hydrogen-bond donors (Lipinski definition) is 2. The number of aromatic nitrogens is 1. The van der Waals surface area contributed by atoms with Crippen LogP contribution in [0.15, 0.2) is 18.3 Å². The molecular weight excluding hydrogens is 240 g/mol. The predicted molar refractivity (Wildman–Crippen MR) is 67.1 cm³/mol. The average Bonchev–Trinajstić information content (AvgIpc) is 2.15. The minimum absolute atomic E-state index is 0.263. The number of amides is 1. The summed E-state index contributed by atoms with van der Waals surface area (Å²) in [5.74, 6) is -0.290. The minimum atomic E-state index is -1.03. The van der Waals surface area contributed by atoms with Gasteiger partial charge in [-0.05, 0) is 39.8 Å². The van der Waals surface area contributed by atoms with Crippen molar-refractivity contribution in [3.8, 4) is 0 Å². The van der Waals surface area contributed by atoms with Crippen molar-refractivity contribution in [2.75, 3.05) is 0 Å². The van der Waals surface area contributed by atoms with E-state index in [1.54, 1.807) is 33.8 Å². The van der Waals surface area contributed by atoms with Crippen LogP contribution in [0, 0.1) is 0 Å². The third kappa shape index (κ3) is 3.41. The first-order valence-corrected chi connectivity index (χ1v) is 5.68. The van der Waals surface area contributed by atoms with Crippen LogP contribution in [0.4, 0.5) is 0 Å². The summed E-state index contributed by atoms with van der Waals surface area (Å²) in [6.07, 6.45) is 1.47. The highest BCUT2D eigenvalue weighted by atomic mass is 35.5. The first-order valence-electron chi connectivity index (χ1n) is 5.30. The SMILES string of the molecule is CC(C)(O)C(C)(C)NC(=O)c1ccnc(Cl)c1. The van der Waals surface area contributed by atoms with Crippen LogP contribution in [-0.2, 0) is 0 Å². The molecule has 2 N–H and O–H groups in total. The van der Waals surface area contributed by atoms with Crippen molar-refractivity contribution < 1.29 is 9.90 Å². The quantitative estimate of drug-likeness (QED) is 0.814. The lowest BCUT2D eigenvalue weighted by molar-refractivity contribution is -0.00292. The molecule has 5 heteroatoms. The van der Waals surface area contributed by atoms with Gasteiger partial charge in [-0.2, -0.15) is 0 Å². The Bertz CT molecular complexity index is 425. The lowest BCUT2D eigenvalue weighted by atomic mass is 9.86. The van der Waals surface area contributed by atoms with E-state index in [1.807, 2.05) is 0 Å². The van der Waals surface area contributed by atoms with Crippen LogP contribution in [-0.4, -0.2) is 27.1 Å². The van der Waals surface area contributed by atoms with Gasteiger partial charge in [0, 0.05) is 11.8 Å². The van der Waals surface area contributed by atoms with Crippen molar-refractivity contribution >= 4 is 17.5 Å². The predicted octanol–water partition coefficient (Wildman–Crippen LogP) is 2.01. The highest BCUT2D eigenvalue weighted by molar-refractivity contribution is 6.29. The molecule has 1 heterocycles. The number of aliphatic hydroxyl groups is 1. The second-order valence-corrected chi connectivity index (χ2v) is 5.39. The summed E-state index contributed by atoms with van der Waals surface area (Å²) in [4.78, 5) is 15.8. The first-order chi connectivity index (χ1) is 7.63. The number of nitrogens with zero attached hydrogens (tertiary/aromatic N) is 1. The van der Waals surface area contributed by atoms with Gasteiger partial charge in [0.15, 0.2) is 0 Å². The van der Waals surface area contributed by atoms with E-state index in [1.165, 1.54) is 12.3 Å². The Morgan fingerprint density at radius 1 is 1.41 bits per heavy atom. The Labute approximate surface area is 106 Å². The van der Waals surface area contributed by atoms with Crippen LogP contribution in [0.3, 0.4) is 0 Å². The normalized spacial score (nSPS) is 12.4. The smallest absolute Gasteiger partial charge is 0.251 e. The zero-order chi connectivity index (χ0) is 13.3. The molecule has 0 fully saturated rings. The van der Waals surface area contributed by atoms with Gasteiger partial charge in [0.05, 0.1) is 11.1 Å². The molecule has 1 aromatic rings. The molecule has 1 rings (SSSR count). The van der Waals surface area contributed by atoms with E-state index in [0.29, 0.717) is 5.56 Å². The molecule has 1 aromatic heterocycles. The van der Waals surface area contributed by atoms with Gasteiger partial charge in [-0.25, -0.2) is 4.98 Å². The van der Waals surface area contributed by atoms with Gasteiger partial charge in [0.1, 0.15) is 5.15 Å². The van der Waals surface area contributed by atoms with Crippen LogP contribution in [0.5, 0.6) is 0 Å². The topological polar surface area (TPSA) is 62.2 Å². The molecule has 1 amide bonds. The summed E-state index contributed by atoms with van der Waals surface area (Å²) in [6.45, 7) is 6.81. The average molecular weight is 257 g/mol. The van der Waals surface area contributed by atoms with E-state index in [4.69, 9.17) is 11.6 Å². The van der Waals surface area contributed by atoms with Crippen LogP contribution >= 0.6 is 11.6 Å². The van der Waals surface area contributed by atoms with Gasteiger partial charge < -0.3 is 10.4 Å². The van der Waals surface area contributed by atoms with Gasteiger partial charge in [-0.3, -0.25) is 4.79 Å². The molecule has 0 aliphatic heterocycles. The molecule has 0 bridgehead atoms. The van der Waals surface area contributed by atoms with Crippen molar-refractivity contribution in [2.45, 2.75) is 38.8 Å². The van der Waals surface area contributed by atoms with Gasteiger partial charge >= 0.3 is 0 Å². The van der Waals surface area contributed by atoms with Gasteiger partial charge in [0.2, 0.25) is 0 Å². The monoisotopic (exact) mass is 256 g/mol. The molecule has 0 atom stereocenters. The molecular formula is C12H17ClN2O2. The molecule has 17 heavy (non-hydrogen) atoms. The van der Waals surface area contributed by atoms with E-state index in [9.17, 15) is 9.90 Å². The van der Waals surface area contributed by atoms with Gasteiger partial charge in [-0.15, -0.1) is 0 Å². The van der Waals surface area contributed by atoms with E-state index in [2.05, 4.69) is 10.3 Å². The van der Waals surface area contributed by atoms with E-state index in [0.717, 1.165) is 0 Å². The number of halogens is 1. The molecule has 0 aliphatic rings. The number of nitrogens with one attached hydrogen (secondary N) is 1. The number of pyridine rings is 1. The summed E-state index contributed by atoms with van der Waals surface area (Å²) in [5, 5.41) is 13.0. The summed E-state index contributed by atoms with van der Waals surface area (Å²) in [5.41, 5.74) is -1.36. The maximum absolute atomic E-state index is 12.0. The van der Waals surface area contributed by atoms with E-state index >= 15 is 0 Å². The number of hydrogen-bond acceptors (Lipinski definition) is 3. The third-order valence-electron chi connectivity index (χ3n) is 2.94. The molecule has 0 unspecified atom stereocenters. The summed E-state index contributed by atoms with van der Waals surface area (Å²) in [6, 6.07) is 3.05. The standard InChI is InChI=1S/C12H17ClN2O2/c1-11(2,12(3,4)17)15-10(16)8-5-6-14-9(13)7-8/h5-7,17H,1-4H3,(H,15,16). The Kier molecular flexibility index (Phi) is 3.79. The summed E-state index contributed by atoms with van der Waals surface area (Å²) >= 11 is 5.71. The minimum Gasteiger partial charge on any atom is -0.388 e. The van der Waals surface area contributed by atoms with E-state index < -0.39 is 11.1 Å². The van der Waals surface area contributed by atoms with Crippen molar-refractivity contribution in [3.05, 3.63) is 29.0 Å². The maximum atomic E-state index is 12.0. The molecule has 0 aliphatic carbocycles. The highest BCUT2D eigenvalue weighted by Crippen LogP contribution is 2.21. The molecule has 0 spiro atoms. The van der Waals surface area contributed by atoms with E-state index in [-0.39, 0.29) is 11.1 Å². The molecule has 4 nitrogen and oxygen atoms in total. The third-order valence-corrected chi connectivity index (χ3v) is 3.15. The van der Waals surface area contributed by atoms with Crippen LogP contribution < -0.4 is 5.32 Å². The Hall–Kier alpha value is -1.13. The Balaban J connectivity index is 2.87. The highest BCUT2D eigenvalue weighted by Gasteiger charge is 2.36. The molecule has 0 radical (unpaired) electrons. The fraction of sp³-hybridized carbons (Fsp3) is 0.500.